The molecule has 0 saturated heterocycles. The second-order valence-corrected chi connectivity index (χ2v) is 4.17. The van der Waals surface area contributed by atoms with E-state index in [9.17, 15) is 4.39 Å². The third kappa shape index (κ3) is 2.13. The molecule has 1 nitrogen and oxygen atoms in total. The molecule has 1 aromatic carbocycles. The van der Waals surface area contributed by atoms with Crippen LogP contribution in [-0.4, -0.2) is 6.04 Å². The van der Waals surface area contributed by atoms with Crippen LogP contribution in [-0.2, 0) is 6.42 Å². The molecule has 1 fully saturated rings. The Bertz CT molecular complexity index is 294. The van der Waals surface area contributed by atoms with Crippen molar-refractivity contribution >= 4 is 0 Å². The Labute approximate surface area is 84.1 Å². The van der Waals surface area contributed by atoms with Gasteiger partial charge in [0.1, 0.15) is 5.82 Å². The molecular weight excluding hydrogens is 177 g/mol. The molecule has 0 bridgehead atoms. The Hall–Kier alpha value is -0.890. The predicted molar refractivity (Wildman–Crippen MR) is 55.4 cm³/mol. The Morgan fingerprint density at radius 2 is 1.93 bits per heavy atom. The first-order valence-electron chi connectivity index (χ1n) is 5.26. The van der Waals surface area contributed by atoms with Gasteiger partial charge in [0.05, 0.1) is 0 Å². The van der Waals surface area contributed by atoms with E-state index in [1.165, 1.54) is 30.5 Å². The Kier molecular flexibility index (Phi) is 2.82. The highest BCUT2D eigenvalue weighted by atomic mass is 19.1. The number of hydrogen-bond acceptors (Lipinski definition) is 1. The zero-order valence-corrected chi connectivity index (χ0v) is 8.25. The smallest absolute Gasteiger partial charge is 0.123 e. The van der Waals surface area contributed by atoms with Gasteiger partial charge in [0, 0.05) is 6.04 Å². The van der Waals surface area contributed by atoms with Gasteiger partial charge in [0.2, 0.25) is 0 Å². The minimum atomic E-state index is -0.158. The largest absolute Gasteiger partial charge is 0.327 e. The summed E-state index contributed by atoms with van der Waals surface area (Å²) in [4.78, 5) is 0. The molecule has 1 saturated carbocycles. The number of rotatable bonds is 3. The van der Waals surface area contributed by atoms with Crippen molar-refractivity contribution in [2.24, 2.45) is 11.7 Å². The maximum absolute atomic E-state index is 12.6. The highest BCUT2D eigenvalue weighted by molar-refractivity contribution is 5.16. The quantitative estimate of drug-likeness (QED) is 0.784. The van der Waals surface area contributed by atoms with Crippen LogP contribution in [0, 0.1) is 11.7 Å². The molecule has 2 rings (SSSR count). The van der Waals surface area contributed by atoms with Crippen molar-refractivity contribution in [1.29, 1.82) is 0 Å². The molecule has 14 heavy (non-hydrogen) atoms. The van der Waals surface area contributed by atoms with Gasteiger partial charge in [0.15, 0.2) is 0 Å². The lowest BCUT2D eigenvalue weighted by Gasteiger charge is -2.33. The molecule has 2 atom stereocenters. The summed E-state index contributed by atoms with van der Waals surface area (Å²) in [7, 11) is 0. The van der Waals surface area contributed by atoms with Gasteiger partial charge in [-0.15, -0.1) is 0 Å². The molecule has 2 N–H and O–H groups in total. The van der Waals surface area contributed by atoms with E-state index in [0.717, 1.165) is 12.8 Å². The van der Waals surface area contributed by atoms with Crippen LogP contribution in [0.15, 0.2) is 24.3 Å². The molecule has 0 amide bonds. The Balaban J connectivity index is 1.83. The van der Waals surface area contributed by atoms with Gasteiger partial charge in [-0.2, -0.15) is 0 Å². The van der Waals surface area contributed by atoms with Crippen molar-refractivity contribution in [2.75, 3.05) is 0 Å². The summed E-state index contributed by atoms with van der Waals surface area (Å²) in [6.07, 6.45) is 4.61. The van der Waals surface area contributed by atoms with Crippen molar-refractivity contribution in [2.45, 2.75) is 31.7 Å². The van der Waals surface area contributed by atoms with E-state index < -0.39 is 0 Å². The van der Waals surface area contributed by atoms with Gasteiger partial charge in [-0.25, -0.2) is 4.39 Å². The summed E-state index contributed by atoms with van der Waals surface area (Å²) >= 11 is 0. The fraction of sp³-hybridized carbons (Fsp3) is 0.500. The summed E-state index contributed by atoms with van der Waals surface area (Å²) in [5, 5.41) is 0. The van der Waals surface area contributed by atoms with Gasteiger partial charge in [0.25, 0.3) is 0 Å². The van der Waals surface area contributed by atoms with Crippen LogP contribution in [0.4, 0.5) is 4.39 Å². The lowest BCUT2D eigenvalue weighted by atomic mass is 9.77. The van der Waals surface area contributed by atoms with E-state index >= 15 is 0 Å². The van der Waals surface area contributed by atoms with Gasteiger partial charge < -0.3 is 5.73 Å². The first-order chi connectivity index (χ1) is 6.75. The van der Waals surface area contributed by atoms with Crippen LogP contribution in [0.25, 0.3) is 0 Å². The van der Waals surface area contributed by atoms with E-state index in [1.54, 1.807) is 0 Å². The average molecular weight is 193 g/mol. The van der Waals surface area contributed by atoms with Gasteiger partial charge in [-0.05, 0) is 49.3 Å². The van der Waals surface area contributed by atoms with Crippen molar-refractivity contribution in [3.8, 4) is 0 Å². The fourth-order valence-corrected chi connectivity index (χ4v) is 1.96. The SMILES string of the molecule is NC1CCC1CCc1ccc(F)cc1. The van der Waals surface area contributed by atoms with Crippen LogP contribution in [0.2, 0.25) is 0 Å². The molecule has 1 aliphatic carbocycles. The van der Waals surface area contributed by atoms with Gasteiger partial charge >= 0.3 is 0 Å². The standard InChI is InChI=1S/C12H16FN/c13-11-6-2-9(3-7-11)1-4-10-5-8-12(10)14/h2-3,6-7,10,12H,1,4-5,8,14H2. The summed E-state index contributed by atoms with van der Waals surface area (Å²) in [5.41, 5.74) is 7.06. The zero-order valence-electron chi connectivity index (χ0n) is 8.25. The number of benzene rings is 1. The Morgan fingerprint density at radius 3 is 2.43 bits per heavy atom. The number of halogens is 1. The first kappa shape index (κ1) is 9.66. The molecule has 1 aliphatic rings. The van der Waals surface area contributed by atoms with Crippen molar-refractivity contribution in [3.05, 3.63) is 35.6 Å². The second kappa shape index (κ2) is 4.09. The third-order valence-electron chi connectivity index (χ3n) is 3.19. The van der Waals surface area contributed by atoms with Crippen LogP contribution < -0.4 is 5.73 Å². The molecule has 2 unspecified atom stereocenters. The predicted octanol–water partition coefficient (Wildman–Crippen LogP) is 2.50. The maximum Gasteiger partial charge on any atom is 0.123 e. The lowest BCUT2D eigenvalue weighted by Crippen LogP contribution is -2.39. The van der Waals surface area contributed by atoms with E-state index in [-0.39, 0.29) is 5.82 Å². The molecule has 0 aromatic heterocycles. The van der Waals surface area contributed by atoms with Crippen LogP contribution in [0.3, 0.4) is 0 Å². The lowest BCUT2D eigenvalue weighted by molar-refractivity contribution is 0.241. The molecule has 0 aliphatic heterocycles. The number of hydrogen-bond donors (Lipinski definition) is 1. The zero-order chi connectivity index (χ0) is 9.97. The summed E-state index contributed by atoms with van der Waals surface area (Å²) in [6.45, 7) is 0. The van der Waals surface area contributed by atoms with Crippen molar-refractivity contribution in [1.82, 2.24) is 0 Å². The van der Waals surface area contributed by atoms with E-state index in [1.807, 2.05) is 12.1 Å². The van der Waals surface area contributed by atoms with Crippen molar-refractivity contribution in [3.63, 3.8) is 0 Å². The van der Waals surface area contributed by atoms with Crippen molar-refractivity contribution < 1.29 is 4.39 Å². The molecule has 2 heteroatoms. The molecule has 0 spiro atoms. The molecular formula is C12H16FN. The fourth-order valence-electron chi connectivity index (χ4n) is 1.96. The number of nitrogens with two attached hydrogens (primary N) is 1. The summed E-state index contributed by atoms with van der Waals surface area (Å²) < 4.78 is 12.6. The average Bonchev–Trinajstić information content (AvgIpc) is 2.19. The molecule has 1 aromatic rings. The third-order valence-corrected chi connectivity index (χ3v) is 3.19. The minimum Gasteiger partial charge on any atom is -0.327 e. The van der Waals surface area contributed by atoms with E-state index in [0.29, 0.717) is 12.0 Å². The van der Waals surface area contributed by atoms with Crippen LogP contribution >= 0.6 is 0 Å². The highest BCUT2D eigenvalue weighted by Crippen LogP contribution is 2.29. The molecule has 0 heterocycles. The summed E-state index contributed by atoms with van der Waals surface area (Å²) in [5.74, 6) is 0.536. The minimum absolute atomic E-state index is 0.158. The molecule has 76 valence electrons. The second-order valence-electron chi connectivity index (χ2n) is 4.17. The highest BCUT2D eigenvalue weighted by Gasteiger charge is 2.26. The van der Waals surface area contributed by atoms with E-state index in [4.69, 9.17) is 5.73 Å². The van der Waals surface area contributed by atoms with Crippen LogP contribution in [0.5, 0.6) is 0 Å². The topological polar surface area (TPSA) is 26.0 Å². The Morgan fingerprint density at radius 1 is 1.21 bits per heavy atom. The summed E-state index contributed by atoms with van der Waals surface area (Å²) in [6, 6.07) is 7.18. The monoisotopic (exact) mass is 193 g/mol. The number of aryl methyl sites for hydroxylation is 1. The normalized spacial score (nSPS) is 25.9. The van der Waals surface area contributed by atoms with Crippen LogP contribution in [0.1, 0.15) is 24.8 Å². The van der Waals surface area contributed by atoms with Gasteiger partial charge in [-0.1, -0.05) is 12.1 Å². The maximum atomic E-state index is 12.6. The van der Waals surface area contributed by atoms with Gasteiger partial charge in [-0.3, -0.25) is 0 Å². The molecule has 0 radical (unpaired) electrons. The van der Waals surface area contributed by atoms with E-state index in [2.05, 4.69) is 0 Å². The first-order valence-corrected chi connectivity index (χ1v) is 5.26.